The second kappa shape index (κ2) is 4.46. The fourth-order valence-corrected chi connectivity index (χ4v) is 3.09. The van der Waals surface area contributed by atoms with Crippen molar-refractivity contribution in [1.29, 1.82) is 0 Å². The van der Waals surface area contributed by atoms with Crippen molar-refractivity contribution >= 4 is 15.5 Å². The highest BCUT2D eigenvalue weighted by molar-refractivity contribution is 7.91. The van der Waals surface area contributed by atoms with E-state index in [1.165, 1.54) is 6.26 Å². The molecular formula is C14H15NO2S. The van der Waals surface area contributed by atoms with Gasteiger partial charge in [0.15, 0.2) is 9.84 Å². The third-order valence-corrected chi connectivity index (χ3v) is 3.94. The highest BCUT2D eigenvalue weighted by Gasteiger charge is 2.17. The smallest absolute Gasteiger partial charge is 0.178 e. The lowest BCUT2D eigenvalue weighted by atomic mass is 10.0. The van der Waals surface area contributed by atoms with Gasteiger partial charge in [-0.3, -0.25) is 0 Å². The minimum absolute atomic E-state index is 0.204. The second-order valence-electron chi connectivity index (χ2n) is 4.37. The Labute approximate surface area is 107 Å². The van der Waals surface area contributed by atoms with E-state index in [0.717, 1.165) is 11.1 Å². The van der Waals surface area contributed by atoms with Crippen LogP contribution in [0.4, 0.5) is 5.69 Å². The highest BCUT2D eigenvalue weighted by Crippen LogP contribution is 2.31. The molecule has 0 radical (unpaired) electrons. The highest BCUT2D eigenvalue weighted by atomic mass is 32.2. The quantitative estimate of drug-likeness (QED) is 0.845. The van der Waals surface area contributed by atoms with E-state index >= 15 is 0 Å². The number of rotatable bonds is 2. The molecule has 0 bridgehead atoms. The van der Waals surface area contributed by atoms with Gasteiger partial charge < -0.3 is 5.73 Å². The first-order valence-corrected chi connectivity index (χ1v) is 7.44. The first-order valence-electron chi connectivity index (χ1n) is 5.55. The van der Waals surface area contributed by atoms with Gasteiger partial charge >= 0.3 is 0 Å². The monoisotopic (exact) mass is 261 g/mol. The van der Waals surface area contributed by atoms with Crippen LogP contribution < -0.4 is 5.73 Å². The van der Waals surface area contributed by atoms with Crippen LogP contribution in [0.2, 0.25) is 0 Å². The molecule has 4 heteroatoms. The van der Waals surface area contributed by atoms with Crippen LogP contribution >= 0.6 is 0 Å². The van der Waals surface area contributed by atoms with Crippen LogP contribution in [0.25, 0.3) is 11.1 Å². The lowest BCUT2D eigenvalue weighted by Crippen LogP contribution is -2.04. The number of hydrogen-bond donors (Lipinski definition) is 1. The minimum atomic E-state index is -3.35. The zero-order valence-corrected chi connectivity index (χ0v) is 11.2. The fraction of sp³-hybridized carbons (Fsp3) is 0.143. The van der Waals surface area contributed by atoms with Crippen molar-refractivity contribution < 1.29 is 8.42 Å². The minimum Gasteiger partial charge on any atom is -0.398 e. The normalized spacial score (nSPS) is 11.4. The molecule has 3 nitrogen and oxygen atoms in total. The number of nitrogens with two attached hydrogens (primary N) is 1. The molecule has 94 valence electrons. The maximum Gasteiger partial charge on any atom is 0.178 e. The Bertz CT molecular complexity index is 691. The van der Waals surface area contributed by atoms with E-state index in [-0.39, 0.29) is 10.6 Å². The Morgan fingerprint density at radius 2 is 1.72 bits per heavy atom. The molecule has 2 aromatic carbocycles. The van der Waals surface area contributed by atoms with Gasteiger partial charge in [0.25, 0.3) is 0 Å². The third-order valence-electron chi connectivity index (χ3n) is 2.75. The molecule has 18 heavy (non-hydrogen) atoms. The van der Waals surface area contributed by atoms with E-state index in [0.29, 0.717) is 5.56 Å². The van der Waals surface area contributed by atoms with Crippen LogP contribution in [0.5, 0.6) is 0 Å². The van der Waals surface area contributed by atoms with Crippen LogP contribution in [0.15, 0.2) is 47.4 Å². The molecule has 0 heterocycles. The summed E-state index contributed by atoms with van der Waals surface area (Å²) in [5, 5.41) is 0. The standard InChI is InChI=1S/C14H15NO2S/c1-10-5-3-6-11(9-10)12-7-4-8-13(15)14(12)18(2,16)17/h3-9H,15H2,1-2H3. The summed E-state index contributed by atoms with van der Waals surface area (Å²) in [6, 6.07) is 12.9. The number of nitrogen functional groups attached to an aromatic ring is 1. The van der Waals surface area contributed by atoms with Crippen molar-refractivity contribution in [3.63, 3.8) is 0 Å². The SMILES string of the molecule is Cc1cccc(-c2cccc(N)c2S(C)(=O)=O)c1. The maximum atomic E-state index is 11.9. The van der Waals surface area contributed by atoms with E-state index in [9.17, 15) is 8.42 Å². The molecule has 0 aliphatic carbocycles. The molecular weight excluding hydrogens is 246 g/mol. The van der Waals surface area contributed by atoms with Crippen molar-refractivity contribution in [1.82, 2.24) is 0 Å². The number of sulfone groups is 1. The van der Waals surface area contributed by atoms with Gasteiger partial charge in [-0.1, -0.05) is 42.0 Å². The number of aryl methyl sites for hydroxylation is 1. The molecule has 0 amide bonds. The van der Waals surface area contributed by atoms with Gasteiger partial charge in [0, 0.05) is 11.8 Å². The average Bonchev–Trinajstić information content (AvgIpc) is 2.27. The van der Waals surface area contributed by atoms with E-state index < -0.39 is 9.84 Å². The van der Waals surface area contributed by atoms with Crippen LogP contribution in [0, 0.1) is 6.92 Å². The molecule has 0 saturated heterocycles. The molecule has 0 saturated carbocycles. The van der Waals surface area contributed by atoms with Gasteiger partial charge in [-0.2, -0.15) is 0 Å². The summed E-state index contributed by atoms with van der Waals surface area (Å²) in [5.41, 5.74) is 8.69. The van der Waals surface area contributed by atoms with Crippen molar-refractivity contribution in [2.24, 2.45) is 0 Å². The summed E-state index contributed by atoms with van der Waals surface area (Å²) in [6.45, 7) is 1.97. The molecule has 2 aromatic rings. The van der Waals surface area contributed by atoms with Gasteiger partial charge in [-0.25, -0.2) is 8.42 Å². The fourth-order valence-electron chi connectivity index (χ4n) is 2.01. The average molecular weight is 261 g/mol. The lowest BCUT2D eigenvalue weighted by molar-refractivity contribution is 0.602. The lowest BCUT2D eigenvalue weighted by Gasteiger charge is -2.11. The van der Waals surface area contributed by atoms with Gasteiger partial charge in [-0.05, 0) is 18.6 Å². The van der Waals surface area contributed by atoms with Crippen LogP contribution in [0.3, 0.4) is 0 Å². The van der Waals surface area contributed by atoms with Crippen LogP contribution in [-0.4, -0.2) is 14.7 Å². The Morgan fingerprint density at radius 3 is 2.33 bits per heavy atom. The first kappa shape index (κ1) is 12.6. The van der Waals surface area contributed by atoms with Gasteiger partial charge in [0.2, 0.25) is 0 Å². The number of benzene rings is 2. The van der Waals surface area contributed by atoms with Gasteiger partial charge in [0.05, 0.1) is 10.6 Å². The summed E-state index contributed by atoms with van der Waals surface area (Å²) < 4.78 is 23.7. The molecule has 0 aliphatic rings. The predicted molar refractivity (Wildman–Crippen MR) is 74.1 cm³/mol. The Kier molecular flexibility index (Phi) is 3.13. The molecule has 0 fully saturated rings. The zero-order chi connectivity index (χ0) is 13.3. The van der Waals surface area contributed by atoms with E-state index in [1.54, 1.807) is 18.2 Å². The summed E-state index contributed by atoms with van der Waals surface area (Å²) >= 11 is 0. The molecule has 0 unspecified atom stereocenters. The topological polar surface area (TPSA) is 60.2 Å². The third kappa shape index (κ3) is 2.38. The zero-order valence-electron chi connectivity index (χ0n) is 10.3. The largest absolute Gasteiger partial charge is 0.398 e. The van der Waals surface area contributed by atoms with Crippen molar-refractivity contribution in [2.45, 2.75) is 11.8 Å². The van der Waals surface area contributed by atoms with Crippen LogP contribution in [-0.2, 0) is 9.84 Å². The van der Waals surface area contributed by atoms with Gasteiger partial charge in [0.1, 0.15) is 0 Å². The summed E-state index contributed by atoms with van der Waals surface area (Å²) in [4.78, 5) is 0.204. The van der Waals surface area contributed by atoms with Crippen molar-refractivity contribution in [2.75, 3.05) is 12.0 Å². The Balaban J connectivity index is 2.77. The Morgan fingerprint density at radius 1 is 1.06 bits per heavy atom. The second-order valence-corrected chi connectivity index (χ2v) is 6.32. The number of hydrogen-bond acceptors (Lipinski definition) is 3. The summed E-state index contributed by atoms with van der Waals surface area (Å²) in [7, 11) is -3.35. The van der Waals surface area contributed by atoms with Crippen molar-refractivity contribution in [3.05, 3.63) is 48.0 Å². The molecule has 0 aromatic heterocycles. The van der Waals surface area contributed by atoms with Gasteiger partial charge in [-0.15, -0.1) is 0 Å². The molecule has 0 atom stereocenters. The molecule has 0 spiro atoms. The van der Waals surface area contributed by atoms with Crippen LogP contribution in [0.1, 0.15) is 5.56 Å². The summed E-state index contributed by atoms with van der Waals surface area (Å²) in [5.74, 6) is 0. The number of anilines is 1. The maximum absolute atomic E-state index is 11.9. The van der Waals surface area contributed by atoms with E-state index in [2.05, 4.69) is 0 Å². The Hall–Kier alpha value is -1.81. The first-order chi connectivity index (χ1) is 8.39. The van der Waals surface area contributed by atoms with E-state index in [4.69, 9.17) is 5.73 Å². The van der Waals surface area contributed by atoms with E-state index in [1.807, 2.05) is 31.2 Å². The summed E-state index contributed by atoms with van der Waals surface area (Å²) in [6.07, 6.45) is 1.18. The molecule has 2 N–H and O–H groups in total. The molecule has 2 rings (SSSR count). The predicted octanol–water partition coefficient (Wildman–Crippen LogP) is 2.65. The van der Waals surface area contributed by atoms with Crippen molar-refractivity contribution in [3.8, 4) is 11.1 Å². The molecule has 0 aliphatic heterocycles.